The van der Waals surface area contributed by atoms with Crippen molar-refractivity contribution in [3.8, 4) is 5.75 Å². The fourth-order valence-corrected chi connectivity index (χ4v) is 2.56. The third-order valence-electron chi connectivity index (χ3n) is 3.73. The summed E-state index contributed by atoms with van der Waals surface area (Å²) in [5.41, 5.74) is 4.00. The average molecular weight is 269 g/mol. The number of benzene rings is 2. The van der Waals surface area contributed by atoms with Crippen molar-refractivity contribution in [1.29, 1.82) is 0 Å². The van der Waals surface area contributed by atoms with Crippen LogP contribution in [0.25, 0.3) is 0 Å². The molecule has 0 radical (unpaired) electrons. The Morgan fingerprint density at radius 1 is 1.05 bits per heavy atom. The smallest absolute Gasteiger partial charge is 0.119 e. The van der Waals surface area contributed by atoms with E-state index in [1.165, 1.54) is 16.7 Å². The number of rotatable bonds is 5. The van der Waals surface area contributed by atoms with Crippen molar-refractivity contribution < 1.29 is 4.74 Å². The number of hydrogen-bond donors (Lipinski definition) is 0. The molecule has 0 fully saturated rings. The second-order valence-corrected chi connectivity index (χ2v) is 5.39. The first-order valence-electron chi connectivity index (χ1n) is 6.96. The molecule has 106 valence electrons. The van der Waals surface area contributed by atoms with E-state index < -0.39 is 0 Å². The zero-order valence-corrected chi connectivity index (χ0v) is 12.8. The van der Waals surface area contributed by atoms with Gasteiger partial charge in [-0.2, -0.15) is 0 Å². The van der Waals surface area contributed by atoms with E-state index in [4.69, 9.17) is 4.74 Å². The van der Waals surface area contributed by atoms with E-state index in [1.807, 2.05) is 6.07 Å². The second-order valence-electron chi connectivity index (χ2n) is 5.39. The summed E-state index contributed by atoms with van der Waals surface area (Å²) in [7, 11) is 5.98. The molecule has 0 heterocycles. The lowest BCUT2D eigenvalue weighted by atomic mass is 9.94. The van der Waals surface area contributed by atoms with Gasteiger partial charge in [-0.3, -0.25) is 0 Å². The fraction of sp³-hybridized carbons (Fsp3) is 0.333. The molecule has 1 unspecified atom stereocenters. The Balaban J connectivity index is 2.29. The number of ether oxygens (including phenoxy) is 1. The molecule has 0 aromatic heterocycles. The number of hydrogen-bond acceptors (Lipinski definition) is 2. The van der Waals surface area contributed by atoms with Crippen LogP contribution < -0.4 is 4.74 Å². The minimum atomic E-state index is 0.378. The number of methoxy groups -OCH3 is 1. The number of nitrogens with zero attached hydrogens (tertiary/aromatic N) is 1. The Morgan fingerprint density at radius 2 is 1.75 bits per heavy atom. The van der Waals surface area contributed by atoms with Crippen LogP contribution in [-0.2, 0) is 6.42 Å². The summed E-state index contributed by atoms with van der Waals surface area (Å²) in [4.78, 5) is 2.28. The van der Waals surface area contributed by atoms with Gasteiger partial charge in [-0.05, 0) is 56.3 Å². The molecule has 0 bridgehead atoms. The van der Waals surface area contributed by atoms with Crippen LogP contribution in [0, 0.1) is 6.92 Å². The average Bonchev–Trinajstić information content (AvgIpc) is 2.46. The molecule has 0 aliphatic rings. The minimum Gasteiger partial charge on any atom is -0.497 e. The molecule has 1 atom stereocenters. The SMILES string of the molecule is COc1ccc(C(Cc2ccccc2)N(C)C)c(C)c1. The molecule has 0 saturated heterocycles. The fourth-order valence-electron chi connectivity index (χ4n) is 2.56. The molecule has 0 spiro atoms. The predicted octanol–water partition coefficient (Wildman–Crippen LogP) is 3.85. The molecule has 20 heavy (non-hydrogen) atoms. The first kappa shape index (κ1) is 14.6. The summed E-state index contributed by atoms with van der Waals surface area (Å²) in [6, 6.07) is 17.4. The van der Waals surface area contributed by atoms with Gasteiger partial charge in [0.05, 0.1) is 7.11 Å². The van der Waals surface area contributed by atoms with E-state index in [9.17, 15) is 0 Å². The van der Waals surface area contributed by atoms with E-state index in [-0.39, 0.29) is 0 Å². The van der Waals surface area contributed by atoms with Crippen LogP contribution in [-0.4, -0.2) is 26.1 Å². The van der Waals surface area contributed by atoms with Gasteiger partial charge in [0.25, 0.3) is 0 Å². The van der Waals surface area contributed by atoms with Crippen molar-refractivity contribution in [2.75, 3.05) is 21.2 Å². The minimum absolute atomic E-state index is 0.378. The Labute approximate surface area is 122 Å². The van der Waals surface area contributed by atoms with Gasteiger partial charge in [0.2, 0.25) is 0 Å². The molecular weight excluding hydrogens is 246 g/mol. The van der Waals surface area contributed by atoms with Crippen molar-refractivity contribution in [2.45, 2.75) is 19.4 Å². The van der Waals surface area contributed by atoms with E-state index in [2.05, 4.69) is 68.4 Å². The highest BCUT2D eigenvalue weighted by Gasteiger charge is 2.17. The van der Waals surface area contributed by atoms with Gasteiger partial charge in [0.1, 0.15) is 5.75 Å². The maximum absolute atomic E-state index is 5.29. The highest BCUT2D eigenvalue weighted by Crippen LogP contribution is 2.28. The largest absolute Gasteiger partial charge is 0.497 e. The lowest BCUT2D eigenvalue weighted by Gasteiger charge is -2.26. The summed E-state index contributed by atoms with van der Waals surface area (Å²) < 4.78 is 5.29. The second kappa shape index (κ2) is 6.58. The van der Waals surface area contributed by atoms with Crippen molar-refractivity contribution >= 4 is 0 Å². The highest BCUT2D eigenvalue weighted by molar-refractivity contribution is 5.37. The van der Waals surface area contributed by atoms with Crippen LogP contribution in [0.2, 0.25) is 0 Å². The third-order valence-corrected chi connectivity index (χ3v) is 3.73. The number of likely N-dealkylation sites (N-methyl/N-ethyl adjacent to an activating group) is 1. The molecule has 0 aliphatic carbocycles. The molecule has 0 N–H and O–H groups in total. The summed E-state index contributed by atoms with van der Waals surface area (Å²) in [6.07, 6.45) is 1.01. The zero-order valence-electron chi connectivity index (χ0n) is 12.8. The topological polar surface area (TPSA) is 12.5 Å². The normalized spacial score (nSPS) is 12.4. The molecule has 2 nitrogen and oxygen atoms in total. The summed E-state index contributed by atoms with van der Waals surface area (Å²) >= 11 is 0. The Bertz CT molecular complexity index is 549. The van der Waals surface area contributed by atoms with Crippen molar-refractivity contribution in [2.24, 2.45) is 0 Å². The molecule has 0 saturated carbocycles. The van der Waals surface area contributed by atoms with Crippen LogP contribution in [0.4, 0.5) is 0 Å². The maximum Gasteiger partial charge on any atom is 0.119 e. The van der Waals surface area contributed by atoms with E-state index >= 15 is 0 Å². The van der Waals surface area contributed by atoms with Crippen molar-refractivity contribution in [3.05, 3.63) is 65.2 Å². The van der Waals surface area contributed by atoms with Gasteiger partial charge < -0.3 is 9.64 Å². The lowest BCUT2D eigenvalue weighted by Crippen LogP contribution is -2.22. The summed E-state index contributed by atoms with van der Waals surface area (Å²) in [5.74, 6) is 0.920. The van der Waals surface area contributed by atoms with Gasteiger partial charge in [0.15, 0.2) is 0 Å². The van der Waals surface area contributed by atoms with E-state index in [0.717, 1.165) is 12.2 Å². The van der Waals surface area contributed by atoms with Crippen LogP contribution >= 0.6 is 0 Å². The van der Waals surface area contributed by atoms with E-state index in [0.29, 0.717) is 6.04 Å². The Morgan fingerprint density at radius 3 is 2.30 bits per heavy atom. The van der Waals surface area contributed by atoms with Crippen molar-refractivity contribution in [1.82, 2.24) is 4.90 Å². The van der Waals surface area contributed by atoms with E-state index in [1.54, 1.807) is 7.11 Å². The van der Waals surface area contributed by atoms with Gasteiger partial charge in [-0.1, -0.05) is 36.4 Å². The third kappa shape index (κ3) is 3.40. The van der Waals surface area contributed by atoms with Crippen LogP contribution in [0.3, 0.4) is 0 Å². The van der Waals surface area contributed by atoms with Gasteiger partial charge in [-0.15, -0.1) is 0 Å². The van der Waals surface area contributed by atoms with Gasteiger partial charge >= 0.3 is 0 Å². The van der Waals surface area contributed by atoms with Crippen LogP contribution in [0.15, 0.2) is 48.5 Å². The molecule has 2 rings (SSSR count). The molecule has 0 aliphatic heterocycles. The maximum atomic E-state index is 5.29. The molecular formula is C18H23NO. The summed E-state index contributed by atoms with van der Waals surface area (Å²) in [5, 5.41) is 0. The molecule has 2 aromatic rings. The first-order valence-corrected chi connectivity index (χ1v) is 6.96. The quantitative estimate of drug-likeness (QED) is 0.817. The molecule has 2 aromatic carbocycles. The standard InChI is InChI=1S/C18H23NO/c1-14-12-16(20-4)10-11-17(14)18(19(2)3)13-15-8-6-5-7-9-15/h5-12,18H,13H2,1-4H3. The monoisotopic (exact) mass is 269 g/mol. The zero-order chi connectivity index (χ0) is 14.5. The lowest BCUT2D eigenvalue weighted by molar-refractivity contribution is 0.296. The Hall–Kier alpha value is -1.80. The van der Waals surface area contributed by atoms with Gasteiger partial charge in [-0.25, -0.2) is 0 Å². The molecule has 0 amide bonds. The van der Waals surface area contributed by atoms with Crippen LogP contribution in [0.5, 0.6) is 5.75 Å². The van der Waals surface area contributed by atoms with Gasteiger partial charge in [0, 0.05) is 6.04 Å². The predicted molar refractivity (Wildman–Crippen MR) is 84.3 cm³/mol. The van der Waals surface area contributed by atoms with Crippen LogP contribution in [0.1, 0.15) is 22.7 Å². The first-order chi connectivity index (χ1) is 9.61. The highest BCUT2D eigenvalue weighted by atomic mass is 16.5. The Kier molecular flexibility index (Phi) is 4.80. The summed E-state index contributed by atoms with van der Waals surface area (Å²) in [6.45, 7) is 2.15. The number of aryl methyl sites for hydroxylation is 1. The van der Waals surface area contributed by atoms with Crippen molar-refractivity contribution in [3.63, 3.8) is 0 Å². The molecule has 2 heteroatoms.